The SMILES string of the molecule is CC(C)C(NC(=O)c1ccc(C(=O)O)cc1)c1nc(-c2ncn[nH]2)no1. The molecule has 1 atom stereocenters. The summed E-state index contributed by atoms with van der Waals surface area (Å²) >= 11 is 0. The van der Waals surface area contributed by atoms with Crippen molar-refractivity contribution in [3.05, 3.63) is 47.6 Å². The summed E-state index contributed by atoms with van der Waals surface area (Å²) in [7, 11) is 0. The van der Waals surface area contributed by atoms with Gasteiger partial charge in [0.05, 0.1) is 5.56 Å². The average molecular weight is 356 g/mol. The fraction of sp³-hybridized carbons (Fsp3) is 0.250. The van der Waals surface area contributed by atoms with Crippen LogP contribution in [0.2, 0.25) is 0 Å². The van der Waals surface area contributed by atoms with Crippen LogP contribution in [0.25, 0.3) is 11.6 Å². The van der Waals surface area contributed by atoms with E-state index >= 15 is 0 Å². The van der Waals surface area contributed by atoms with Crippen LogP contribution in [0.15, 0.2) is 35.1 Å². The van der Waals surface area contributed by atoms with Gasteiger partial charge in [-0.1, -0.05) is 19.0 Å². The van der Waals surface area contributed by atoms with Gasteiger partial charge in [-0.15, -0.1) is 0 Å². The predicted octanol–water partition coefficient (Wildman–Crippen LogP) is 1.68. The number of carboxylic acid groups (broad SMARTS) is 1. The number of nitrogens with one attached hydrogen (secondary N) is 2. The molecule has 0 aliphatic rings. The van der Waals surface area contributed by atoms with Crippen molar-refractivity contribution in [3.63, 3.8) is 0 Å². The Balaban J connectivity index is 1.78. The molecule has 1 amide bonds. The van der Waals surface area contributed by atoms with E-state index in [1.165, 1.54) is 30.6 Å². The number of aromatic nitrogens is 5. The molecule has 134 valence electrons. The van der Waals surface area contributed by atoms with E-state index < -0.39 is 12.0 Å². The largest absolute Gasteiger partial charge is 0.478 e. The van der Waals surface area contributed by atoms with E-state index in [0.29, 0.717) is 11.4 Å². The number of hydrogen-bond donors (Lipinski definition) is 3. The highest BCUT2D eigenvalue weighted by Gasteiger charge is 2.26. The molecule has 10 nitrogen and oxygen atoms in total. The highest BCUT2D eigenvalue weighted by Crippen LogP contribution is 2.22. The van der Waals surface area contributed by atoms with Crippen molar-refractivity contribution in [1.29, 1.82) is 0 Å². The van der Waals surface area contributed by atoms with E-state index in [-0.39, 0.29) is 29.1 Å². The molecule has 0 fully saturated rings. The molecule has 0 aliphatic carbocycles. The summed E-state index contributed by atoms with van der Waals surface area (Å²) in [4.78, 5) is 31.6. The Labute approximate surface area is 147 Å². The van der Waals surface area contributed by atoms with E-state index in [0.717, 1.165) is 0 Å². The smallest absolute Gasteiger partial charge is 0.335 e. The van der Waals surface area contributed by atoms with E-state index in [1.807, 2.05) is 13.8 Å². The molecule has 0 spiro atoms. The first-order valence-electron chi connectivity index (χ1n) is 7.79. The van der Waals surface area contributed by atoms with Crippen LogP contribution in [0, 0.1) is 5.92 Å². The Morgan fingerprint density at radius 1 is 1.19 bits per heavy atom. The number of nitrogens with zero attached hydrogens (tertiary/aromatic N) is 4. The third-order valence-corrected chi connectivity index (χ3v) is 3.68. The number of rotatable bonds is 6. The molecule has 0 radical (unpaired) electrons. The summed E-state index contributed by atoms with van der Waals surface area (Å²) in [5, 5.41) is 21.9. The summed E-state index contributed by atoms with van der Waals surface area (Å²) in [5.41, 5.74) is 0.436. The minimum Gasteiger partial charge on any atom is -0.478 e. The van der Waals surface area contributed by atoms with Crippen molar-refractivity contribution in [1.82, 2.24) is 30.6 Å². The molecule has 10 heteroatoms. The number of hydrogen-bond acceptors (Lipinski definition) is 7. The van der Waals surface area contributed by atoms with Gasteiger partial charge in [0, 0.05) is 5.56 Å². The Morgan fingerprint density at radius 3 is 2.46 bits per heavy atom. The second-order valence-electron chi connectivity index (χ2n) is 5.87. The number of aromatic carboxylic acids is 1. The molecule has 0 saturated carbocycles. The number of carboxylic acids is 1. The van der Waals surface area contributed by atoms with Gasteiger partial charge in [0.2, 0.25) is 11.7 Å². The first kappa shape index (κ1) is 17.3. The van der Waals surface area contributed by atoms with Gasteiger partial charge < -0.3 is 14.9 Å². The monoisotopic (exact) mass is 356 g/mol. The van der Waals surface area contributed by atoms with E-state index in [1.54, 1.807) is 0 Å². The number of H-pyrrole nitrogens is 1. The number of carbonyl (C=O) groups excluding carboxylic acids is 1. The summed E-state index contributed by atoms with van der Waals surface area (Å²) in [6.45, 7) is 3.80. The minimum absolute atomic E-state index is 0.0275. The van der Waals surface area contributed by atoms with Gasteiger partial charge in [0.25, 0.3) is 5.91 Å². The van der Waals surface area contributed by atoms with Gasteiger partial charge >= 0.3 is 5.97 Å². The third-order valence-electron chi connectivity index (χ3n) is 3.68. The van der Waals surface area contributed by atoms with Crippen molar-refractivity contribution in [3.8, 4) is 11.6 Å². The van der Waals surface area contributed by atoms with Crippen LogP contribution in [0.4, 0.5) is 0 Å². The Hall–Kier alpha value is -3.56. The Bertz CT molecular complexity index is 901. The first-order chi connectivity index (χ1) is 12.5. The fourth-order valence-electron chi connectivity index (χ4n) is 2.27. The van der Waals surface area contributed by atoms with Crippen molar-refractivity contribution in [2.75, 3.05) is 0 Å². The van der Waals surface area contributed by atoms with E-state index in [2.05, 4.69) is 30.6 Å². The lowest BCUT2D eigenvalue weighted by atomic mass is 10.0. The van der Waals surface area contributed by atoms with Gasteiger partial charge in [-0.05, 0) is 30.2 Å². The second-order valence-corrected chi connectivity index (χ2v) is 5.87. The molecule has 1 aromatic carbocycles. The van der Waals surface area contributed by atoms with E-state index in [4.69, 9.17) is 9.63 Å². The molecule has 0 saturated heterocycles. The van der Waals surface area contributed by atoms with Crippen LogP contribution < -0.4 is 5.32 Å². The zero-order valence-electron chi connectivity index (χ0n) is 14.0. The lowest BCUT2D eigenvalue weighted by Crippen LogP contribution is -2.32. The highest BCUT2D eigenvalue weighted by molar-refractivity contribution is 5.96. The molecule has 3 N–H and O–H groups in total. The summed E-state index contributed by atoms with van der Waals surface area (Å²) in [6, 6.07) is 5.12. The topological polar surface area (TPSA) is 147 Å². The van der Waals surface area contributed by atoms with Crippen molar-refractivity contribution >= 4 is 11.9 Å². The minimum atomic E-state index is -1.05. The molecule has 2 aromatic heterocycles. The molecule has 26 heavy (non-hydrogen) atoms. The molecule has 2 heterocycles. The maximum absolute atomic E-state index is 12.5. The van der Waals surface area contributed by atoms with Gasteiger partial charge in [-0.2, -0.15) is 10.1 Å². The van der Waals surface area contributed by atoms with E-state index in [9.17, 15) is 9.59 Å². The molecule has 0 aliphatic heterocycles. The maximum atomic E-state index is 12.5. The lowest BCUT2D eigenvalue weighted by Gasteiger charge is -2.18. The lowest BCUT2D eigenvalue weighted by molar-refractivity contribution is 0.0696. The summed E-state index contributed by atoms with van der Waals surface area (Å²) in [5.74, 6) is -0.619. The molecule has 1 unspecified atom stereocenters. The van der Waals surface area contributed by atoms with Crippen molar-refractivity contribution in [2.45, 2.75) is 19.9 Å². The highest BCUT2D eigenvalue weighted by atomic mass is 16.5. The number of benzene rings is 1. The van der Waals surface area contributed by atoms with Crippen LogP contribution in [0.3, 0.4) is 0 Å². The normalized spacial score (nSPS) is 12.1. The molecule has 3 rings (SSSR count). The molecule has 3 aromatic rings. The quantitative estimate of drug-likeness (QED) is 0.604. The number of aromatic amines is 1. The van der Waals surface area contributed by atoms with Crippen molar-refractivity contribution < 1.29 is 19.2 Å². The standard InChI is InChI=1S/C16H16N6O4/c1-8(2)11(15-20-13(22-26-15)12-17-7-18-21-12)19-14(23)9-3-5-10(6-4-9)16(24)25/h3-8,11H,1-2H3,(H,19,23)(H,24,25)(H,17,18,21). The Kier molecular flexibility index (Phi) is 4.74. The fourth-order valence-corrected chi connectivity index (χ4v) is 2.27. The summed E-state index contributed by atoms with van der Waals surface area (Å²) in [6.07, 6.45) is 1.33. The van der Waals surface area contributed by atoms with Gasteiger partial charge in [-0.3, -0.25) is 9.89 Å². The number of carbonyl (C=O) groups is 2. The van der Waals surface area contributed by atoms with Crippen LogP contribution in [0.1, 0.15) is 46.5 Å². The Morgan fingerprint density at radius 2 is 1.88 bits per heavy atom. The molecular formula is C16H16N6O4. The second kappa shape index (κ2) is 7.13. The summed E-state index contributed by atoms with van der Waals surface area (Å²) < 4.78 is 5.26. The maximum Gasteiger partial charge on any atom is 0.335 e. The zero-order chi connectivity index (χ0) is 18.7. The van der Waals surface area contributed by atoms with Crippen LogP contribution in [-0.2, 0) is 0 Å². The van der Waals surface area contributed by atoms with Gasteiger partial charge in [-0.25, -0.2) is 9.78 Å². The third kappa shape index (κ3) is 3.58. The van der Waals surface area contributed by atoms with Crippen LogP contribution in [-0.4, -0.2) is 42.3 Å². The number of amides is 1. The molecular weight excluding hydrogens is 340 g/mol. The average Bonchev–Trinajstić information content (AvgIpc) is 3.30. The zero-order valence-corrected chi connectivity index (χ0v) is 14.0. The predicted molar refractivity (Wildman–Crippen MR) is 88.1 cm³/mol. The van der Waals surface area contributed by atoms with Gasteiger partial charge in [0.15, 0.2) is 5.82 Å². The van der Waals surface area contributed by atoms with Crippen LogP contribution in [0.5, 0.6) is 0 Å². The molecule has 0 bridgehead atoms. The first-order valence-corrected chi connectivity index (χ1v) is 7.79. The van der Waals surface area contributed by atoms with Gasteiger partial charge in [0.1, 0.15) is 12.4 Å². The van der Waals surface area contributed by atoms with Crippen molar-refractivity contribution in [2.24, 2.45) is 5.92 Å². The van der Waals surface area contributed by atoms with Crippen LogP contribution >= 0.6 is 0 Å².